The lowest BCUT2D eigenvalue weighted by molar-refractivity contribution is -0.144. The molecule has 2 saturated heterocycles. The number of rotatable bonds is 1. The Hall–Kier alpha value is -1.82. The molecule has 2 aliphatic heterocycles. The third kappa shape index (κ3) is 2.10. The van der Waals surface area contributed by atoms with Gasteiger partial charge in [-0.05, 0) is 26.0 Å². The molecule has 0 aliphatic carbocycles. The van der Waals surface area contributed by atoms with Crippen molar-refractivity contribution in [2.24, 2.45) is 4.99 Å². The summed E-state index contributed by atoms with van der Waals surface area (Å²) in [5.74, 6) is -0.802. The Morgan fingerprint density at radius 1 is 1.35 bits per heavy atom. The molecule has 0 radical (unpaired) electrons. The molecule has 0 bridgehead atoms. The van der Waals surface area contributed by atoms with Crippen LogP contribution in [0, 0.1) is 6.92 Å². The molecular weight excluding hydrogens is 276 g/mol. The largest absolute Gasteiger partial charge is 0.461 e. The lowest BCUT2D eigenvalue weighted by atomic mass is 10.0. The number of nitrogens with one attached hydrogen (secondary N) is 1. The topological polar surface area (TPSA) is 67.8 Å². The maximum absolute atomic E-state index is 12.1. The first-order chi connectivity index (χ1) is 9.49. The summed E-state index contributed by atoms with van der Waals surface area (Å²) >= 11 is 1.15. The van der Waals surface area contributed by atoms with Crippen LogP contribution in [0.25, 0.3) is 0 Å². The second-order valence-corrected chi connectivity index (χ2v) is 6.34. The number of ether oxygens (including phenoxy) is 1. The molecule has 1 N–H and O–H groups in total. The molecule has 0 unspecified atom stereocenters. The molecule has 1 aromatic carbocycles. The summed E-state index contributed by atoms with van der Waals surface area (Å²) in [4.78, 5) is 28.4. The average Bonchev–Trinajstić information content (AvgIpc) is 2.84. The number of carbonyl (C=O) groups is 2. The van der Waals surface area contributed by atoms with E-state index in [-0.39, 0.29) is 12.0 Å². The van der Waals surface area contributed by atoms with Gasteiger partial charge >= 0.3 is 5.97 Å². The fraction of sp³-hybridized carbons (Fsp3) is 0.357. The Morgan fingerprint density at radius 3 is 2.65 bits per heavy atom. The molecule has 2 heterocycles. The van der Waals surface area contributed by atoms with E-state index in [0.717, 1.165) is 23.0 Å². The SMILES string of the molecule is Cc1ccc(N=C2NC(=O)[C@]3(C[C@H](C)OC3=O)S2)cc1. The highest BCUT2D eigenvalue weighted by atomic mass is 32.2. The van der Waals surface area contributed by atoms with Gasteiger partial charge in [0, 0.05) is 6.42 Å². The molecule has 3 rings (SSSR count). The quantitative estimate of drug-likeness (QED) is 0.634. The fourth-order valence-corrected chi connectivity index (χ4v) is 3.52. The van der Waals surface area contributed by atoms with E-state index >= 15 is 0 Å². The highest BCUT2D eigenvalue weighted by Gasteiger charge is 2.59. The number of esters is 1. The van der Waals surface area contributed by atoms with Crippen LogP contribution in [0.1, 0.15) is 18.9 Å². The first-order valence-corrected chi connectivity index (χ1v) is 7.18. The van der Waals surface area contributed by atoms with E-state index in [2.05, 4.69) is 10.3 Å². The average molecular weight is 290 g/mol. The number of carbonyl (C=O) groups excluding carboxylic acids is 2. The van der Waals surface area contributed by atoms with Gasteiger partial charge in [0.05, 0.1) is 5.69 Å². The molecule has 5 nitrogen and oxygen atoms in total. The van der Waals surface area contributed by atoms with Gasteiger partial charge in [-0.3, -0.25) is 4.79 Å². The van der Waals surface area contributed by atoms with E-state index in [4.69, 9.17) is 4.74 Å². The molecule has 2 aliphatic rings. The molecule has 2 atom stereocenters. The minimum absolute atomic E-state index is 0.237. The van der Waals surface area contributed by atoms with Gasteiger partial charge in [-0.1, -0.05) is 29.5 Å². The number of benzene rings is 1. The Bertz CT molecular complexity index is 611. The highest BCUT2D eigenvalue weighted by molar-refractivity contribution is 8.17. The van der Waals surface area contributed by atoms with Crippen molar-refractivity contribution >= 4 is 34.5 Å². The van der Waals surface area contributed by atoms with Crippen LogP contribution >= 0.6 is 11.8 Å². The van der Waals surface area contributed by atoms with Crippen molar-refractivity contribution in [2.75, 3.05) is 0 Å². The van der Waals surface area contributed by atoms with Gasteiger partial charge in [-0.2, -0.15) is 0 Å². The van der Waals surface area contributed by atoms with Crippen LogP contribution in [-0.4, -0.2) is 27.9 Å². The molecule has 104 valence electrons. The number of thioether (sulfide) groups is 1. The number of aryl methyl sites for hydroxylation is 1. The molecular formula is C14H14N2O3S. The molecule has 1 amide bonds. The van der Waals surface area contributed by atoms with E-state index in [1.54, 1.807) is 6.92 Å². The van der Waals surface area contributed by atoms with Crippen molar-refractivity contribution < 1.29 is 14.3 Å². The zero-order chi connectivity index (χ0) is 14.3. The third-order valence-corrected chi connectivity index (χ3v) is 4.59. The summed E-state index contributed by atoms with van der Waals surface area (Å²) in [7, 11) is 0. The molecule has 20 heavy (non-hydrogen) atoms. The first kappa shape index (κ1) is 13.2. The van der Waals surface area contributed by atoms with E-state index < -0.39 is 10.7 Å². The van der Waals surface area contributed by atoms with Crippen molar-refractivity contribution in [3.63, 3.8) is 0 Å². The predicted octanol–water partition coefficient (Wildman–Crippen LogP) is 1.92. The Balaban J connectivity index is 1.87. The van der Waals surface area contributed by atoms with Crippen LogP contribution in [0.5, 0.6) is 0 Å². The lowest BCUT2D eigenvalue weighted by Crippen LogP contribution is -2.40. The van der Waals surface area contributed by atoms with Crippen LogP contribution in [0.4, 0.5) is 5.69 Å². The second kappa shape index (κ2) is 4.63. The minimum Gasteiger partial charge on any atom is -0.461 e. The summed E-state index contributed by atoms with van der Waals surface area (Å²) in [5.41, 5.74) is 1.89. The van der Waals surface area contributed by atoms with Crippen molar-refractivity contribution in [1.29, 1.82) is 0 Å². The summed E-state index contributed by atoms with van der Waals surface area (Å²) in [6, 6.07) is 7.64. The number of nitrogens with zero attached hydrogens (tertiary/aromatic N) is 1. The smallest absolute Gasteiger partial charge is 0.332 e. The van der Waals surface area contributed by atoms with E-state index in [1.807, 2.05) is 31.2 Å². The normalized spacial score (nSPS) is 30.9. The van der Waals surface area contributed by atoms with Gasteiger partial charge in [-0.25, -0.2) is 9.79 Å². The number of hydrogen-bond donors (Lipinski definition) is 1. The monoisotopic (exact) mass is 290 g/mol. The van der Waals surface area contributed by atoms with Crippen LogP contribution in [-0.2, 0) is 14.3 Å². The van der Waals surface area contributed by atoms with Gasteiger partial charge in [0.25, 0.3) is 5.91 Å². The van der Waals surface area contributed by atoms with E-state index in [1.165, 1.54) is 0 Å². The van der Waals surface area contributed by atoms with Crippen LogP contribution in [0.2, 0.25) is 0 Å². The number of hydrogen-bond acceptors (Lipinski definition) is 5. The molecule has 0 saturated carbocycles. The summed E-state index contributed by atoms with van der Waals surface area (Å²) in [6.45, 7) is 3.78. The highest BCUT2D eigenvalue weighted by Crippen LogP contribution is 2.42. The second-order valence-electron chi connectivity index (χ2n) is 5.06. The van der Waals surface area contributed by atoms with Crippen molar-refractivity contribution in [2.45, 2.75) is 31.1 Å². The lowest BCUT2D eigenvalue weighted by Gasteiger charge is -2.10. The summed E-state index contributed by atoms with van der Waals surface area (Å²) < 4.78 is 3.96. The third-order valence-electron chi connectivity index (χ3n) is 3.34. The van der Waals surface area contributed by atoms with Crippen LogP contribution in [0.15, 0.2) is 29.3 Å². The summed E-state index contributed by atoms with van der Waals surface area (Å²) in [6.07, 6.45) is 0.148. The van der Waals surface area contributed by atoms with Crippen molar-refractivity contribution in [3.05, 3.63) is 29.8 Å². The zero-order valence-electron chi connectivity index (χ0n) is 11.2. The molecule has 6 heteroatoms. The minimum atomic E-state index is -1.15. The van der Waals surface area contributed by atoms with E-state index in [0.29, 0.717) is 11.6 Å². The molecule has 2 fully saturated rings. The first-order valence-electron chi connectivity index (χ1n) is 6.36. The number of aliphatic imine (C=N–C) groups is 1. The fourth-order valence-electron chi connectivity index (χ4n) is 2.30. The van der Waals surface area contributed by atoms with Crippen molar-refractivity contribution in [1.82, 2.24) is 5.32 Å². The molecule has 1 aromatic rings. The Kier molecular flexibility index (Phi) is 3.05. The Labute approximate surface area is 120 Å². The van der Waals surface area contributed by atoms with Gasteiger partial charge in [0.15, 0.2) is 5.17 Å². The zero-order valence-corrected chi connectivity index (χ0v) is 12.0. The van der Waals surface area contributed by atoms with Crippen LogP contribution in [0.3, 0.4) is 0 Å². The van der Waals surface area contributed by atoms with Gasteiger partial charge in [0.2, 0.25) is 4.75 Å². The van der Waals surface area contributed by atoms with E-state index in [9.17, 15) is 9.59 Å². The molecule has 1 spiro atoms. The maximum atomic E-state index is 12.1. The van der Waals surface area contributed by atoms with Crippen molar-refractivity contribution in [3.8, 4) is 0 Å². The van der Waals surface area contributed by atoms with Gasteiger partial charge in [-0.15, -0.1) is 0 Å². The standard InChI is InChI=1S/C14H14N2O3S/c1-8-3-5-10(6-4-8)15-13-16-11(17)14(20-13)7-9(2)19-12(14)18/h3-6,9H,7H2,1-2H3,(H,15,16,17)/t9-,14-/m0/s1. The number of amidine groups is 1. The number of amides is 1. The maximum Gasteiger partial charge on any atom is 0.332 e. The number of cyclic esters (lactones) is 1. The summed E-state index contributed by atoms with van der Waals surface area (Å²) in [5, 5.41) is 3.12. The van der Waals surface area contributed by atoms with Gasteiger partial charge < -0.3 is 10.1 Å². The Morgan fingerprint density at radius 2 is 2.05 bits per heavy atom. The molecule has 0 aromatic heterocycles. The van der Waals surface area contributed by atoms with Gasteiger partial charge in [0.1, 0.15) is 6.10 Å². The van der Waals surface area contributed by atoms with Crippen LogP contribution < -0.4 is 5.32 Å². The predicted molar refractivity (Wildman–Crippen MR) is 76.9 cm³/mol.